The van der Waals surface area contributed by atoms with Crippen molar-refractivity contribution in [1.82, 2.24) is 0 Å². The first-order valence-corrected chi connectivity index (χ1v) is 4.52. The second kappa shape index (κ2) is 4.66. The highest BCUT2D eigenvalue weighted by molar-refractivity contribution is 5.37. The number of carbonyl (C=O) groups excluding carboxylic acids is 2. The first kappa shape index (κ1) is 10.6. The third-order valence-electron chi connectivity index (χ3n) is 2.47. The zero-order valence-corrected chi connectivity index (χ0v) is 7.95. The highest BCUT2D eigenvalue weighted by Crippen LogP contribution is 2.34. The highest BCUT2D eigenvalue weighted by Gasteiger charge is 2.33. The van der Waals surface area contributed by atoms with Crippen LogP contribution in [0.4, 0.5) is 0 Å². The van der Waals surface area contributed by atoms with Gasteiger partial charge in [0.1, 0.15) is 0 Å². The molecule has 0 saturated heterocycles. The van der Waals surface area contributed by atoms with Crippen molar-refractivity contribution < 1.29 is 9.59 Å². The fraction of sp³-hybridized carbons (Fsp3) is 0.600. The molecule has 0 heterocycles. The topological polar surface area (TPSA) is 58.9 Å². The van der Waals surface area contributed by atoms with Gasteiger partial charge in [0.15, 0.2) is 0 Å². The van der Waals surface area contributed by atoms with E-state index in [0.717, 1.165) is 24.8 Å². The quantitative estimate of drug-likeness (QED) is 0.386. The van der Waals surface area contributed by atoms with Crippen LogP contribution in [0.15, 0.2) is 22.1 Å². The maximum atomic E-state index is 10.3. The van der Waals surface area contributed by atoms with E-state index in [0.29, 0.717) is 6.42 Å². The van der Waals surface area contributed by atoms with Crippen LogP contribution in [0, 0.1) is 0 Å². The van der Waals surface area contributed by atoms with Crippen LogP contribution in [0.3, 0.4) is 0 Å². The van der Waals surface area contributed by atoms with Crippen molar-refractivity contribution in [3.05, 3.63) is 12.2 Å². The van der Waals surface area contributed by atoms with Gasteiger partial charge in [-0.3, -0.25) is 0 Å². The monoisotopic (exact) mass is 192 g/mol. The molecule has 14 heavy (non-hydrogen) atoms. The summed E-state index contributed by atoms with van der Waals surface area (Å²) in [4.78, 5) is 27.6. The molecule has 1 saturated carbocycles. The molecule has 4 heteroatoms. The summed E-state index contributed by atoms with van der Waals surface area (Å²) in [5, 5.41) is 0. The van der Waals surface area contributed by atoms with E-state index in [1.807, 2.05) is 0 Å². The zero-order valence-electron chi connectivity index (χ0n) is 7.95. The largest absolute Gasteiger partial charge is 0.235 e. The van der Waals surface area contributed by atoms with Crippen LogP contribution in [0.1, 0.15) is 25.7 Å². The Hall–Kier alpha value is -1.50. The Bertz CT molecular complexity index is 321. The van der Waals surface area contributed by atoms with Crippen LogP contribution in [-0.2, 0) is 9.59 Å². The predicted molar refractivity (Wildman–Crippen MR) is 51.4 cm³/mol. The number of hydrogen-bond donors (Lipinski definition) is 0. The Morgan fingerprint density at radius 1 is 1.43 bits per heavy atom. The molecule has 1 fully saturated rings. The molecule has 4 nitrogen and oxygen atoms in total. The van der Waals surface area contributed by atoms with Crippen molar-refractivity contribution in [3.8, 4) is 0 Å². The molecule has 1 atom stereocenters. The molecule has 0 spiro atoms. The molecule has 0 amide bonds. The Balaban J connectivity index is 2.84. The van der Waals surface area contributed by atoms with E-state index >= 15 is 0 Å². The standard InChI is InChI=1S/C10H12N2O2/c1-9-3-2-4-10(5-9,12-8-14)6-11-7-13/h1-6H2. The van der Waals surface area contributed by atoms with E-state index in [9.17, 15) is 9.59 Å². The van der Waals surface area contributed by atoms with Crippen molar-refractivity contribution >= 4 is 12.2 Å². The molecule has 1 rings (SSSR count). The lowest BCUT2D eigenvalue weighted by atomic mass is 9.80. The van der Waals surface area contributed by atoms with E-state index < -0.39 is 5.54 Å². The van der Waals surface area contributed by atoms with Crippen LogP contribution < -0.4 is 0 Å². The molecular formula is C10H12N2O2. The number of hydrogen-bond acceptors (Lipinski definition) is 4. The fourth-order valence-corrected chi connectivity index (χ4v) is 1.85. The number of isocyanates is 2. The van der Waals surface area contributed by atoms with Crippen LogP contribution in [0.2, 0.25) is 0 Å². The molecule has 1 aliphatic carbocycles. The average molecular weight is 192 g/mol. The molecule has 0 N–H and O–H groups in total. The molecule has 0 aromatic rings. The van der Waals surface area contributed by atoms with E-state index in [2.05, 4.69) is 16.6 Å². The minimum absolute atomic E-state index is 0.213. The van der Waals surface area contributed by atoms with Crippen LogP contribution in [0.25, 0.3) is 0 Å². The summed E-state index contributed by atoms with van der Waals surface area (Å²) < 4.78 is 0. The maximum Gasteiger partial charge on any atom is 0.235 e. The second-order valence-corrected chi connectivity index (χ2v) is 3.62. The van der Waals surface area contributed by atoms with E-state index in [1.165, 1.54) is 6.08 Å². The van der Waals surface area contributed by atoms with Gasteiger partial charge in [0, 0.05) is 0 Å². The van der Waals surface area contributed by atoms with Gasteiger partial charge in [0.2, 0.25) is 12.2 Å². The van der Waals surface area contributed by atoms with E-state index in [-0.39, 0.29) is 6.54 Å². The summed E-state index contributed by atoms with van der Waals surface area (Å²) in [5.41, 5.74) is 0.477. The van der Waals surface area contributed by atoms with E-state index in [4.69, 9.17) is 0 Å². The van der Waals surface area contributed by atoms with Gasteiger partial charge in [-0.25, -0.2) is 14.6 Å². The van der Waals surface area contributed by atoms with Crippen molar-refractivity contribution in [2.24, 2.45) is 9.98 Å². The van der Waals surface area contributed by atoms with Gasteiger partial charge in [-0.05, 0) is 25.7 Å². The minimum atomic E-state index is -0.575. The summed E-state index contributed by atoms with van der Waals surface area (Å²) in [6.07, 6.45) is 6.28. The summed E-state index contributed by atoms with van der Waals surface area (Å²) in [5.74, 6) is 0. The van der Waals surface area contributed by atoms with Gasteiger partial charge in [0.25, 0.3) is 0 Å². The SMILES string of the molecule is C=C1CCCC(CN=C=O)(N=C=O)C1. The molecule has 0 aromatic heterocycles. The van der Waals surface area contributed by atoms with Gasteiger partial charge in [-0.2, -0.15) is 4.99 Å². The molecule has 0 bridgehead atoms. The zero-order chi connectivity index (χ0) is 10.4. The van der Waals surface area contributed by atoms with Crippen LogP contribution in [0.5, 0.6) is 0 Å². The second-order valence-electron chi connectivity index (χ2n) is 3.62. The Labute approximate surface area is 82.4 Å². The molecular weight excluding hydrogens is 180 g/mol. The van der Waals surface area contributed by atoms with Crippen molar-refractivity contribution in [2.45, 2.75) is 31.2 Å². The molecule has 0 aliphatic heterocycles. The van der Waals surface area contributed by atoms with Gasteiger partial charge >= 0.3 is 0 Å². The maximum absolute atomic E-state index is 10.3. The highest BCUT2D eigenvalue weighted by atomic mass is 16.1. The van der Waals surface area contributed by atoms with Gasteiger partial charge in [-0.1, -0.05) is 12.2 Å². The van der Waals surface area contributed by atoms with Gasteiger partial charge in [0.05, 0.1) is 12.1 Å². The Morgan fingerprint density at radius 2 is 2.21 bits per heavy atom. The Morgan fingerprint density at radius 3 is 2.79 bits per heavy atom. The lowest BCUT2D eigenvalue weighted by Crippen LogP contribution is -2.33. The summed E-state index contributed by atoms with van der Waals surface area (Å²) in [7, 11) is 0. The summed E-state index contributed by atoms with van der Waals surface area (Å²) in [6.45, 7) is 4.08. The number of rotatable bonds is 3. The molecule has 0 aromatic carbocycles. The van der Waals surface area contributed by atoms with Crippen molar-refractivity contribution in [3.63, 3.8) is 0 Å². The van der Waals surface area contributed by atoms with Crippen LogP contribution >= 0.6 is 0 Å². The predicted octanol–water partition coefficient (Wildman–Crippen LogP) is 1.53. The molecule has 0 radical (unpaired) electrons. The Kier molecular flexibility index (Phi) is 3.52. The minimum Gasteiger partial charge on any atom is -0.211 e. The summed E-state index contributed by atoms with van der Waals surface area (Å²) in [6, 6.07) is 0. The van der Waals surface area contributed by atoms with Gasteiger partial charge < -0.3 is 0 Å². The third kappa shape index (κ3) is 2.49. The number of aliphatic imine (C=N–C) groups is 2. The first-order valence-electron chi connectivity index (χ1n) is 4.52. The molecule has 1 unspecified atom stereocenters. The molecule has 74 valence electrons. The summed E-state index contributed by atoms with van der Waals surface area (Å²) >= 11 is 0. The smallest absolute Gasteiger partial charge is 0.211 e. The van der Waals surface area contributed by atoms with E-state index in [1.54, 1.807) is 6.08 Å². The van der Waals surface area contributed by atoms with Crippen molar-refractivity contribution in [2.75, 3.05) is 6.54 Å². The third-order valence-corrected chi connectivity index (χ3v) is 2.47. The number of nitrogens with zero attached hydrogens (tertiary/aromatic N) is 2. The van der Waals surface area contributed by atoms with Crippen molar-refractivity contribution in [1.29, 1.82) is 0 Å². The van der Waals surface area contributed by atoms with Crippen LogP contribution in [-0.4, -0.2) is 24.2 Å². The van der Waals surface area contributed by atoms with Gasteiger partial charge in [-0.15, -0.1) is 0 Å². The lowest BCUT2D eigenvalue weighted by Gasteiger charge is -2.31. The average Bonchev–Trinajstić information content (AvgIpc) is 2.15. The fourth-order valence-electron chi connectivity index (χ4n) is 1.85. The molecule has 1 aliphatic rings. The lowest BCUT2D eigenvalue weighted by molar-refractivity contribution is 0.354. The normalized spacial score (nSPS) is 26.1. The first-order chi connectivity index (χ1) is 6.72.